The second-order valence-corrected chi connectivity index (χ2v) is 7.13. The van der Waals surface area contributed by atoms with Crippen LogP contribution in [-0.2, 0) is 19.6 Å². The topological polar surface area (TPSA) is 76.0 Å². The van der Waals surface area contributed by atoms with Crippen LogP contribution in [-0.4, -0.2) is 44.8 Å². The molecule has 1 aromatic rings. The van der Waals surface area contributed by atoms with Crippen LogP contribution in [0.25, 0.3) is 0 Å². The monoisotopic (exact) mass is 338 g/mol. The normalized spacial score (nSPS) is 19.0. The first-order valence-corrected chi connectivity index (χ1v) is 9.08. The van der Waals surface area contributed by atoms with Crippen molar-refractivity contribution in [1.82, 2.24) is 4.90 Å². The third kappa shape index (κ3) is 3.90. The lowest BCUT2D eigenvalue weighted by molar-refractivity contribution is -0.144. The lowest BCUT2D eigenvalue weighted by atomic mass is 10.2. The van der Waals surface area contributed by atoms with Gasteiger partial charge in [0.1, 0.15) is 11.9 Å². The highest BCUT2D eigenvalue weighted by Crippen LogP contribution is 2.22. The highest BCUT2D eigenvalue weighted by Gasteiger charge is 2.33. The fraction of sp³-hybridized carbons (Fsp3) is 0.500. The number of aryl methyl sites for hydroxylation is 1. The van der Waals surface area contributed by atoms with Gasteiger partial charge < -0.3 is 9.64 Å². The van der Waals surface area contributed by atoms with Gasteiger partial charge in [-0.2, -0.15) is 8.42 Å². The van der Waals surface area contributed by atoms with E-state index in [2.05, 4.69) is 4.40 Å². The number of methoxy groups -OCH3 is 1. The van der Waals surface area contributed by atoms with Crippen molar-refractivity contribution in [3.63, 3.8) is 0 Å². The second kappa shape index (κ2) is 7.12. The summed E-state index contributed by atoms with van der Waals surface area (Å²) in [5.41, 5.74) is 0.981. The Bertz CT molecular complexity index is 695. The first kappa shape index (κ1) is 17.5. The predicted octanol–water partition coefficient (Wildman–Crippen LogP) is 2.13. The molecule has 0 amide bonds. The molecule has 1 fully saturated rings. The van der Waals surface area contributed by atoms with E-state index in [1.165, 1.54) is 7.11 Å². The van der Waals surface area contributed by atoms with Crippen molar-refractivity contribution in [1.29, 1.82) is 0 Å². The minimum atomic E-state index is -3.79. The smallest absolute Gasteiger partial charge is 0.328 e. The molecule has 126 valence electrons. The van der Waals surface area contributed by atoms with Crippen LogP contribution in [0.4, 0.5) is 0 Å². The minimum absolute atomic E-state index is 0.155. The van der Waals surface area contributed by atoms with E-state index in [4.69, 9.17) is 4.74 Å². The lowest BCUT2D eigenvalue weighted by Crippen LogP contribution is -2.41. The van der Waals surface area contributed by atoms with Crippen molar-refractivity contribution in [2.24, 2.45) is 4.40 Å². The molecule has 7 heteroatoms. The van der Waals surface area contributed by atoms with Crippen molar-refractivity contribution >= 4 is 21.8 Å². The quantitative estimate of drug-likeness (QED) is 0.477. The van der Waals surface area contributed by atoms with Gasteiger partial charge in [-0.3, -0.25) is 0 Å². The summed E-state index contributed by atoms with van der Waals surface area (Å²) in [5, 5.41) is 0. The molecule has 0 spiro atoms. The number of sulfonamides is 1. The number of esters is 1. The van der Waals surface area contributed by atoms with E-state index < -0.39 is 16.1 Å². The average Bonchev–Trinajstić information content (AvgIpc) is 3.01. The van der Waals surface area contributed by atoms with Gasteiger partial charge in [-0.05, 0) is 31.9 Å². The summed E-state index contributed by atoms with van der Waals surface area (Å²) in [7, 11) is -2.45. The van der Waals surface area contributed by atoms with E-state index in [0.29, 0.717) is 25.2 Å². The number of amidine groups is 1. The summed E-state index contributed by atoms with van der Waals surface area (Å²) in [6.45, 7) is 4.33. The largest absolute Gasteiger partial charge is 0.467 e. The Kier molecular flexibility index (Phi) is 5.41. The van der Waals surface area contributed by atoms with E-state index in [0.717, 1.165) is 12.0 Å². The Labute approximate surface area is 137 Å². The van der Waals surface area contributed by atoms with Crippen LogP contribution in [0.15, 0.2) is 33.6 Å². The van der Waals surface area contributed by atoms with Crippen LogP contribution in [0.2, 0.25) is 0 Å². The van der Waals surface area contributed by atoms with Crippen molar-refractivity contribution in [3.05, 3.63) is 29.8 Å². The molecule has 0 saturated carbocycles. The highest BCUT2D eigenvalue weighted by atomic mass is 32.2. The Morgan fingerprint density at radius 2 is 2.00 bits per heavy atom. The molecule has 0 N–H and O–H groups in total. The van der Waals surface area contributed by atoms with E-state index in [9.17, 15) is 13.2 Å². The molecule has 0 aromatic heterocycles. The molecule has 1 aliphatic heterocycles. The molecule has 1 aliphatic rings. The molecule has 1 aromatic carbocycles. The molecule has 23 heavy (non-hydrogen) atoms. The van der Waals surface area contributed by atoms with Gasteiger partial charge in [-0.25, -0.2) is 4.79 Å². The van der Waals surface area contributed by atoms with E-state index >= 15 is 0 Å². The molecule has 0 aliphatic carbocycles. The zero-order valence-electron chi connectivity index (χ0n) is 13.7. The third-order valence-corrected chi connectivity index (χ3v) is 5.24. The van der Waals surface area contributed by atoms with Crippen molar-refractivity contribution in [2.45, 2.75) is 44.0 Å². The van der Waals surface area contributed by atoms with Gasteiger partial charge in [0.25, 0.3) is 10.0 Å². The third-order valence-electron chi connectivity index (χ3n) is 3.92. The van der Waals surface area contributed by atoms with Crippen molar-refractivity contribution in [2.75, 3.05) is 13.7 Å². The first-order chi connectivity index (χ1) is 10.9. The first-order valence-electron chi connectivity index (χ1n) is 7.64. The molecule has 1 atom stereocenters. The van der Waals surface area contributed by atoms with Gasteiger partial charge in [0.2, 0.25) is 0 Å². The molecule has 0 radical (unpaired) electrons. The van der Waals surface area contributed by atoms with Crippen LogP contribution >= 0.6 is 0 Å². The summed E-state index contributed by atoms with van der Waals surface area (Å²) in [4.78, 5) is 13.8. The highest BCUT2D eigenvalue weighted by molar-refractivity contribution is 7.90. The molecule has 1 heterocycles. The number of benzene rings is 1. The number of hydrogen-bond donors (Lipinski definition) is 0. The minimum Gasteiger partial charge on any atom is -0.467 e. The number of hydrogen-bond acceptors (Lipinski definition) is 4. The van der Waals surface area contributed by atoms with Crippen molar-refractivity contribution < 1.29 is 17.9 Å². The van der Waals surface area contributed by atoms with Gasteiger partial charge >= 0.3 is 5.97 Å². The average molecular weight is 338 g/mol. The Balaban J connectivity index is 2.33. The fourth-order valence-corrected chi connectivity index (χ4v) is 3.78. The lowest BCUT2D eigenvalue weighted by Gasteiger charge is -2.25. The maximum absolute atomic E-state index is 12.5. The molecular formula is C16H22N2O4S. The van der Waals surface area contributed by atoms with Gasteiger partial charge in [-0.15, -0.1) is 4.40 Å². The van der Waals surface area contributed by atoms with Crippen LogP contribution in [0.1, 0.15) is 31.7 Å². The summed E-state index contributed by atoms with van der Waals surface area (Å²) < 4.78 is 33.8. The van der Waals surface area contributed by atoms with Crippen LogP contribution in [0, 0.1) is 6.92 Å². The molecular weight excluding hydrogens is 316 g/mol. The standard InChI is InChI=1S/C16H22N2O4S/c1-4-15(18-11-5-6-14(18)16(19)22-3)17-23(20,21)13-9-7-12(2)8-10-13/h7-10,14H,4-6,11H2,1-3H3/b17-15-/t14-/m1/s1. The van der Waals surface area contributed by atoms with E-state index in [1.807, 2.05) is 13.8 Å². The summed E-state index contributed by atoms with van der Waals surface area (Å²) in [6, 6.07) is 6.11. The zero-order valence-corrected chi connectivity index (χ0v) is 14.5. The van der Waals surface area contributed by atoms with E-state index in [1.54, 1.807) is 29.2 Å². The van der Waals surface area contributed by atoms with Gasteiger partial charge in [0.05, 0.1) is 12.0 Å². The Morgan fingerprint density at radius 1 is 1.35 bits per heavy atom. The maximum Gasteiger partial charge on any atom is 0.328 e. The number of ether oxygens (including phenoxy) is 1. The molecule has 2 rings (SSSR count). The molecule has 1 saturated heterocycles. The van der Waals surface area contributed by atoms with Crippen LogP contribution in [0.5, 0.6) is 0 Å². The number of carbonyl (C=O) groups excluding carboxylic acids is 1. The molecule has 0 bridgehead atoms. The van der Waals surface area contributed by atoms with Gasteiger partial charge in [-0.1, -0.05) is 24.6 Å². The molecule has 0 unspecified atom stereocenters. The number of rotatable bonds is 4. The summed E-state index contributed by atoms with van der Waals surface area (Å²) >= 11 is 0. The van der Waals surface area contributed by atoms with Gasteiger partial charge in [0.15, 0.2) is 0 Å². The van der Waals surface area contributed by atoms with E-state index in [-0.39, 0.29) is 10.9 Å². The second-order valence-electron chi connectivity index (χ2n) is 5.52. The Hall–Kier alpha value is -1.89. The number of nitrogens with zero attached hydrogens (tertiary/aromatic N) is 2. The molecule has 6 nitrogen and oxygen atoms in total. The summed E-state index contributed by atoms with van der Waals surface area (Å²) in [6.07, 6.45) is 1.89. The van der Waals surface area contributed by atoms with Gasteiger partial charge in [0, 0.05) is 13.0 Å². The van der Waals surface area contributed by atoms with Crippen LogP contribution < -0.4 is 0 Å². The SMILES string of the molecule is CC/C(=N/S(=O)(=O)c1ccc(C)cc1)N1CCC[C@@H]1C(=O)OC. The van der Waals surface area contributed by atoms with Crippen LogP contribution in [0.3, 0.4) is 0 Å². The number of likely N-dealkylation sites (tertiary alicyclic amines) is 1. The van der Waals surface area contributed by atoms with Crippen molar-refractivity contribution in [3.8, 4) is 0 Å². The Morgan fingerprint density at radius 3 is 2.57 bits per heavy atom. The fourth-order valence-electron chi connectivity index (χ4n) is 2.68. The summed E-state index contributed by atoms with van der Waals surface area (Å²) in [5.74, 6) is 0.0508. The predicted molar refractivity (Wildman–Crippen MR) is 87.8 cm³/mol. The maximum atomic E-state index is 12.5. The zero-order chi connectivity index (χ0) is 17.0. The number of carbonyl (C=O) groups is 1.